The highest BCUT2D eigenvalue weighted by Crippen LogP contribution is 2.28. The van der Waals surface area contributed by atoms with Crippen LogP contribution in [0.1, 0.15) is 0 Å². The summed E-state index contributed by atoms with van der Waals surface area (Å²) in [6, 6.07) is 4.00. The number of nitrogens with one attached hydrogen (secondary N) is 2. The summed E-state index contributed by atoms with van der Waals surface area (Å²) >= 11 is 0. The molecule has 102 valence electrons. The van der Waals surface area contributed by atoms with Crippen LogP contribution in [0.2, 0.25) is 0 Å². The molecular weight excluding hydrogens is 250 g/mol. The van der Waals surface area contributed by atoms with E-state index in [1.54, 1.807) is 6.08 Å². The Kier molecular flexibility index (Phi) is 5.49. The molecule has 7 nitrogen and oxygen atoms in total. The summed E-state index contributed by atoms with van der Waals surface area (Å²) in [6.45, 7) is 4.09. The highest BCUT2D eigenvalue weighted by atomic mass is 16.6. The first-order chi connectivity index (χ1) is 9.08. The molecule has 0 spiro atoms. The smallest absolute Gasteiger partial charge is 0.271 e. The van der Waals surface area contributed by atoms with Gasteiger partial charge in [0.25, 0.3) is 5.69 Å². The molecule has 0 saturated heterocycles. The quantitative estimate of drug-likeness (QED) is 0.335. The molecule has 1 aromatic carbocycles. The topological polar surface area (TPSA) is 93.5 Å². The number of rotatable bonds is 7. The molecule has 19 heavy (non-hydrogen) atoms. The Hall–Kier alpha value is -2.41. The van der Waals surface area contributed by atoms with E-state index < -0.39 is 4.92 Å². The van der Waals surface area contributed by atoms with Crippen LogP contribution in [-0.4, -0.2) is 31.0 Å². The molecule has 0 aliphatic heterocycles. The minimum atomic E-state index is -0.537. The van der Waals surface area contributed by atoms with E-state index in [1.165, 1.54) is 25.3 Å². The Bertz CT molecular complexity index is 488. The maximum Gasteiger partial charge on any atom is 0.271 e. The van der Waals surface area contributed by atoms with Crippen molar-refractivity contribution >= 4 is 17.3 Å². The van der Waals surface area contributed by atoms with Gasteiger partial charge in [-0.15, -0.1) is 6.58 Å². The molecule has 0 atom stereocenters. The maximum atomic E-state index is 11.6. The van der Waals surface area contributed by atoms with Crippen molar-refractivity contribution in [3.63, 3.8) is 0 Å². The van der Waals surface area contributed by atoms with Crippen molar-refractivity contribution in [2.24, 2.45) is 0 Å². The minimum absolute atomic E-state index is 0.0812. The van der Waals surface area contributed by atoms with Crippen LogP contribution in [0.15, 0.2) is 30.9 Å². The summed E-state index contributed by atoms with van der Waals surface area (Å²) in [5, 5.41) is 16.1. The largest absolute Gasteiger partial charge is 0.495 e. The Morgan fingerprint density at radius 2 is 2.32 bits per heavy atom. The van der Waals surface area contributed by atoms with Crippen molar-refractivity contribution in [1.29, 1.82) is 0 Å². The minimum Gasteiger partial charge on any atom is -0.495 e. The fourth-order valence-electron chi connectivity index (χ4n) is 1.39. The van der Waals surface area contributed by atoms with Crippen molar-refractivity contribution in [3.8, 4) is 5.75 Å². The number of nitrogens with zero attached hydrogens (tertiary/aromatic N) is 1. The molecule has 0 unspecified atom stereocenters. The van der Waals surface area contributed by atoms with Crippen molar-refractivity contribution in [2.75, 3.05) is 25.5 Å². The van der Waals surface area contributed by atoms with Gasteiger partial charge >= 0.3 is 0 Å². The summed E-state index contributed by atoms with van der Waals surface area (Å²) in [5.74, 6) is 0.0447. The zero-order chi connectivity index (χ0) is 14.3. The first-order valence-electron chi connectivity index (χ1n) is 5.52. The van der Waals surface area contributed by atoms with Gasteiger partial charge in [-0.25, -0.2) is 0 Å². The van der Waals surface area contributed by atoms with Crippen molar-refractivity contribution in [1.82, 2.24) is 5.32 Å². The summed E-state index contributed by atoms with van der Waals surface area (Å²) in [7, 11) is 1.42. The summed E-state index contributed by atoms with van der Waals surface area (Å²) < 4.78 is 5.03. The van der Waals surface area contributed by atoms with Gasteiger partial charge in [-0.3, -0.25) is 14.9 Å². The first-order valence-corrected chi connectivity index (χ1v) is 5.52. The van der Waals surface area contributed by atoms with Gasteiger partial charge in [0.2, 0.25) is 5.91 Å². The lowest BCUT2D eigenvalue weighted by Gasteiger charge is -2.10. The molecule has 0 fully saturated rings. The van der Waals surface area contributed by atoms with Crippen molar-refractivity contribution < 1.29 is 14.5 Å². The van der Waals surface area contributed by atoms with Crippen LogP contribution in [0.5, 0.6) is 5.75 Å². The lowest BCUT2D eigenvalue weighted by atomic mass is 10.2. The second-order valence-corrected chi connectivity index (χ2v) is 3.61. The Morgan fingerprint density at radius 3 is 2.89 bits per heavy atom. The van der Waals surface area contributed by atoms with Crippen LogP contribution in [0.4, 0.5) is 11.4 Å². The Labute approximate surface area is 110 Å². The molecule has 7 heteroatoms. The van der Waals surface area contributed by atoms with Crippen LogP contribution in [0, 0.1) is 10.1 Å². The standard InChI is InChI=1S/C12H15N3O4/c1-3-6-13-8-12(16)14-10-7-9(15(17)18)4-5-11(10)19-2/h3-5,7,13H,1,6,8H2,2H3,(H,14,16). The van der Waals surface area contributed by atoms with Crippen LogP contribution < -0.4 is 15.4 Å². The Morgan fingerprint density at radius 1 is 1.58 bits per heavy atom. The predicted octanol–water partition coefficient (Wildman–Crippen LogP) is 1.32. The maximum absolute atomic E-state index is 11.6. The molecule has 0 heterocycles. The summed E-state index contributed by atoms with van der Waals surface area (Å²) in [5.41, 5.74) is 0.150. The monoisotopic (exact) mass is 265 g/mol. The number of anilines is 1. The SMILES string of the molecule is C=CCNCC(=O)Nc1cc([N+](=O)[O-])ccc1OC. The second kappa shape index (κ2) is 7.12. The normalized spacial score (nSPS) is 9.74. The first kappa shape index (κ1) is 14.7. The molecule has 0 bridgehead atoms. The predicted molar refractivity (Wildman–Crippen MR) is 71.3 cm³/mol. The highest BCUT2D eigenvalue weighted by Gasteiger charge is 2.13. The van der Waals surface area contributed by atoms with E-state index in [0.717, 1.165) is 0 Å². The van der Waals surface area contributed by atoms with Gasteiger partial charge in [-0.05, 0) is 6.07 Å². The van der Waals surface area contributed by atoms with Gasteiger partial charge in [0.15, 0.2) is 0 Å². The zero-order valence-corrected chi connectivity index (χ0v) is 10.5. The number of nitro benzene ring substituents is 1. The number of ether oxygens (including phenoxy) is 1. The number of carbonyl (C=O) groups is 1. The van der Waals surface area contributed by atoms with Crippen molar-refractivity contribution in [3.05, 3.63) is 41.0 Å². The van der Waals surface area contributed by atoms with Gasteiger partial charge < -0.3 is 15.4 Å². The van der Waals surface area contributed by atoms with Crippen LogP contribution in [0.3, 0.4) is 0 Å². The third-order valence-corrected chi connectivity index (χ3v) is 2.24. The number of hydrogen-bond donors (Lipinski definition) is 2. The number of methoxy groups -OCH3 is 1. The third-order valence-electron chi connectivity index (χ3n) is 2.24. The zero-order valence-electron chi connectivity index (χ0n) is 10.5. The summed E-state index contributed by atoms with van der Waals surface area (Å²) in [4.78, 5) is 21.7. The molecule has 1 rings (SSSR count). The van der Waals surface area contributed by atoms with Gasteiger partial charge in [0, 0.05) is 18.7 Å². The fraction of sp³-hybridized carbons (Fsp3) is 0.250. The number of amides is 1. The Balaban J connectivity index is 2.79. The van der Waals surface area contributed by atoms with E-state index in [2.05, 4.69) is 17.2 Å². The molecule has 2 N–H and O–H groups in total. The van der Waals surface area contributed by atoms with E-state index in [-0.39, 0.29) is 23.8 Å². The molecule has 0 aliphatic rings. The second-order valence-electron chi connectivity index (χ2n) is 3.61. The molecule has 1 amide bonds. The van der Waals surface area contributed by atoms with E-state index in [0.29, 0.717) is 12.3 Å². The van der Waals surface area contributed by atoms with Crippen molar-refractivity contribution in [2.45, 2.75) is 0 Å². The van der Waals surface area contributed by atoms with Crippen LogP contribution in [-0.2, 0) is 4.79 Å². The van der Waals surface area contributed by atoms with Gasteiger partial charge in [-0.1, -0.05) is 6.08 Å². The fourth-order valence-corrected chi connectivity index (χ4v) is 1.39. The molecule has 0 radical (unpaired) electrons. The molecule has 0 aromatic heterocycles. The lowest BCUT2D eigenvalue weighted by Crippen LogP contribution is -2.28. The molecule has 0 saturated carbocycles. The van der Waals surface area contributed by atoms with E-state index in [4.69, 9.17) is 4.74 Å². The van der Waals surface area contributed by atoms with Crippen LogP contribution >= 0.6 is 0 Å². The average Bonchev–Trinajstić information content (AvgIpc) is 2.38. The van der Waals surface area contributed by atoms with Gasteiger partial charge in [-0.2, -0.15) is 0 Å². The van der Waals surface area contributed by atoms with E-state index in [1.807, 2.05) is 0 Å². The molecular formula is C12H15N3O4. The molecule has 0 aliphatic carbocycles. The molecule has 1 aromatic rings. The van der Waals surface area contributed by atoms with E-state index in [9.17, 15) is 14.9 Å². The van der Waals surface area contributed by atoms with Gasteiger partial charge in [0.05, 0.1) is 24.3 Å². The number of carbonyl (C=O) groups excluding carboxylic acids is 1. The number of non-ortho nitro benzene ring substituents is 1. The third kappa shape index (κ3) is 4.40. The average molecular weight is 265 g/mol. The lowest BCUT2D eigenvalue weighted by molar-refractivity contribution is -0.384. The number of hydrogen-bond acceptors (Lipinski definition) is 5. The summed E-state index contributed by atoms with van der Waals surface area (Å²) in [6.07, 6.45) is 1.63. The number of benzene rings is 1. The highest BCUT2D eigenvalue weighted by molar-refractivity contribution is 5.94. The van der Waals surface area contributed by atoms with Gasteiger partial charge in [0.1, 0.15) is 5.75 Å². The van der Waals surface area contributed by atoms with E-state index >= 15 is 0 Å². The number of nitro groups is 1. The van der Waals surface area contributed by atoms with Crippen LogP contribution in [0.25, 0.3) is 0 Å².